The van der Waals surface area contributed by atoms with E-state index in [4.69, 9.17) is 4.74 Å². The molecule has 1 aromatic carbocycles. The van der Waals surface area contributed by atoms with Crippen LogP contribution in [-0.4, -0.2) is 41.6 Å². The van der Waals surface area contributed by atoms with E-state index < -0.39 is 5.97 Å². The lowest BCUT2D eigenvalue weighted by Crippen LogP contribution is -2.36. The summed E-state index contributed by atoms with van der Waals surface area (Å²) in [6.45, 7) is 3.02. The van der Waals surface area contributed by atoms with Gasteiger partial charge in [0.1, 0.15) is 0 Å². The maximum Gasteiger partial charge on any atom is 0.335 e. The first-order valence-electron chi connectivity index (χ1n) is 7.17. The third-order valence-electron chi connectivity index (χ3n) is 4.02. The summed E-state index contributed by atoms with van der Waals surface area (Å²) in [5, 5.41) is 9.19. The molecule has 1 N–H and O–H groups in total. The van der Waals surface area contributed by atoms with Gasteiger partial charge in [0.25, 0.3) is 0 Å². The molecule has 0 aliphatic carbocycles. The monoisotopic (exact) mass is 291 g/mol. The van der Waals surface area contributed by atoms with E-state index in [1.165, 1.54) is 0 Å². The molecule has 2 rings (SSSR count). The SMILES string of the molecule is COC(C)CCC(=O)N1CCc2c(cccc2C(=O)O)C1. The minimum absolute atomic E-state index is 0.0737. The summed E-state index contributed by atoms with van der Waals surface area (Å²) in [6.07, 6.45) is 1.84. The molecule has 5 heteroatoms. The number of carbonyl (C=O) groups is 2. The third-order valence-corrected chi connectivity index (χ3v) is 4.02. The Morgan fingerprint density at radius 3 is 2.86 bits per heavy atom. The Morgan fingerprint density at radius 1 is 1.43 bits per heavy atom. The molecule has 0 fully saturated rings. The molecule has 1 amide bonds. The van der Waals surface area contributed by atoms with Crippen LogP contribution in [0.15, 0.2) is 18.2 Å². The van der Waals surface area contributed by atoms with Crippen molar-refractivity contribution >= 4 is 11.9 Å². The normalized spacial score (nSPS) is 15.4. The van der Waals surface area contributed by atoms with E-state index in [2.05, 4.69) is 0 Å². The average molecular weight is 291 g/mol. The molecule has 1 atom stereocenters. The molecular formula is C16H21NO4. The average Bonchev–Trinajstić information content (AvgIpc) is 2.50. The first-order chi connectivity index (χ1) is 10.0. The van der Waals surface area contributed by atoms with Crippen molar-refractivity contribution in [3.05, 3.63) is 34.9 Å². The fourth-order valence-corrected chi connectivity index (χ4v) is 2.63. The van der Waals surface area contributed by atoms with Gasteiger partial charge in [-0.05, 0) is 37.0 Å². The smallest absolute Gasteiger partial charge is 0.335 e. The van der Waals surface area contributed by atoms with Crippen LogP contribution in [0.25, 0.3) is 0 Å². The quantitative estimate of drug-likeness (QED) is 0.902. The predicted octanol–water partition coefficient (Wildman–Crippen LogP) is 2.08. The number of fused-ring (bicyclic) bond motifs is 1. The van der Waals surface area contributed by atoms with Crippen LogP contribution < -0.4 is 0 Å². The first-order valence-corrected chi connectivity index (χ1v) is 7.17. The molecule has 0 saturated heterocycles. The number of carboxylic acid groups (broad SMARTS) is 1. The van der Waals surface area contributed by atoms with Crippen molar-refractivity contribution in [1.82, 2.24) is 4.90 Å². The van der Waals surface area contributed by atoms with Crippen LogP contribution in [0.1, 0.15) is 41.3 Å². The summed E-state index contributed by atoms with van der Waals surface area (Å²) < 4.78 is 5.15. The Kier molecular flexibility index (Phi) is 4.96. The van der Waals surface area contributed by atoms with Gasteiger partial charge in [-0.1, -0.05) is 12.1 Å². The highest BCUT2D eigenvalue weighted by Crippen LogP contribution is 2.23. The maximum atomic E-state index is 12.2. The lowest BCUT2D eigenvalue weighted by molar-refractivity contribution is -0.132. The minimum Gasteiger partial charge on any atom is -0.478 e. The zero-order valence-corrected chi connectivity index (χ0v) is 12.5. The Balaban J connectivity index is 2.04. The Morgan fingerprint density at radius 2 is 2.19 bits per heavy atom. The van der Waals surface area contributed by atoms with E-state index in [9.17, 15) is 14.7 Å². The van der Waals surface area contributed by atoms with Crippen molar-refractivity contribution in [3.63, 3.8) is 0 Å². The predicted molar refractivity (Wildman–Crippen MR) is 78.2 cm³/mol. The van der Waals surface area contributed by atoms with E-state index in [1.54, 1.807) is 24.1 Å². The van der Waals surface area contributed by atoms with Crippen molar-refractivity contribution in [2.24, 2.45) is 0 Å². The fourth-order valence-electron chi connectivity index (χ4n) is 2.63. The molecule has 0 radical (unpaired) electrons. The second kappa shape index (κ2) is 6.72. The van der Waals surface area contributed by atoms with E-state index in [0.29, 0.717) is 37.9 Å². The van der Waals surface area contributed by atoms with Crippen LogP contribution >= 0.6 is 0 Å². The van der Waals surface area contributed by atoms with Crippen molar-refractivity contribution in [1.29, 1.82) is 0 Å². The van der Waals surface area contributed by atoms with Crippen molar-refractivity contribution in [3.8, 4) is 0 Å². The van der Waals surface area contributed by atoms with Crippen LogP contribution in [0.5, 0.6) is 0 Å². The van der Waals surface area contributed by atoms with Crippen LogP contribution in [0.3, 0.4) is 0 Å². The number of aromatic carboxylic acids is 1. The van der Waals surface area contributed by atoms with Crippen LogP contribution in [-0.2, 0) is 22.5 Å². The van der Waals surface area contributed by atoms with E-state index >= 15 is 0 Å². The Bertz CT molecular complexity index is 541. The van der Waals surface area contributed by atoms with Crippen molar-refractivity contribution in [2.75, 3.05) is 13.7 Å². The van der Waals surface area contributed by atoms with E-state index in [1.807, 2.05) is 13.0 Å². The molecular weight excluding hydrogens is 270 g/mol. The first kappa shape index (κ1) is 15.5. The highest BCUT2D eigenvalue weighted by atomic mass is 16.5. The standard InChI is InChI=1S/C16H21NO4/c1-11(21-2)6-7-15(18)17-9-8-13-12(10-17)4-3-5-14(13)16(19)20/h3-5,11H,6-10H2,1-2H3,(H,19,20). The van der Waals surface area contributed by atoms with Gasteiger partial charge in [0.15, 0.2) is 0 Å². The lowest BCUT2D eigenvalue weighted by atomic mass is 9.94. The molecule has 1 heterocycles. The van der Waals surface area contributed by atoms with Gasteiger partial charge in [-0.25, -0.2) is 4.79 Å². The number of hydrogen-bond acceptors (Lipinski definition) is 3. The molecule has 0 spiro atoms. The largest absolute Gasteiger partial charge is 0.478 e. The molecule has 1 unspecified atom stereocenters. The number of carboxylic acids is 1. The van der Waals surface area contributed by atoms with Crippen molar-refractivity contribution < 1.29 is 19.4 Å². The number of ether oxygens (including phenoxy) is 1. The van der Waals surface area contributed by atoms with E-state index in [-0.39, 0.29) is 12.0 Å². The van der Waals surface area contributed by atoms with Gasteiger partial charge in [0.05, 0.1) is 11.7 Å². The van der Waals surface area contributed by atoms with E-state index in [0.717, 1.165) is 11.1 Å². The summed E-state index contributed by atoms with van der Waals surface area (Å²) in [5.74, 6) is -0.800. The molecule has 114 valence electrons. The number of rotatable bonds is 5. The van der Waals surface area contributed by atoms with Crippen LogP contribution in [0.4, 0.5) is 0 Å². The number of amides is 1. The summed E-state index contributed by atoms with van der Waals surface area (Å²) in [7, 11) is 1.64. The van der Waals surface area contributed by atoms with Crippen LogP contribution in [0.2, 0.25) is 0 Å². The minimum atomic E-state index is -0.902. The summed E-state index contributed by atoms with van der Waals surface area (Å²) >= 11 is 0. The number of nitrogens with zero attached hydrogens (tertiary/aromatic N) is 1. The summed E-state index contributed by atoms with van der Waals surface area (Å²) in [4.78, 5) is 25.2. The molecule has 0 bridgehead atoms. The molecule has 1 aliphatic rings. The topological polar surface area (TPSA) is 66.8 Å². The molecule has 0 saturated carbocycles. The van der Waals surface area contributed by atoms with Crippen LogP contribution in [0, 0.1) is 0 Å². The Labute approximate surface area is 124 Å². The third kappa shape index (κ3) is 3.61. The molecule has 1 aromatic rings. The van der Waals surface area contributed by atoms with Gasteiger partial charge in [-0.2, -0.15) is 0 Å². The van der Waals surface area contributed by atoms with Gasteiger partial charge in [-0.15, -0.1) is 0 Å². The Hall–Kier alpha value is -1.88. The number of benzene rings is 1. The van der Waals surface area contributed by atoms with Gasteiger partial charge in [-0.3, -0.25) is 4.79 Å². The van der Waals surface area contributed by atoms with Gasteiger partial charge in [0.2, 0.25) is 5.91 Å². The molecule has 0 aromatic heterocycles. The second-order valence-corrected chi connectivity index (χ2v) is 5.40. The number of carbonyl (C=O) groups excluding carboxylic acids is 1. The zero-order valence-electron chi connectivity index (χ0n) is 12.5. The highest BCUT2D eigenvalue weighted by molar-refractivity contribution is 5.90. The number of hydrogen-bond donors (Lipinski definition) is 1. The molecule has 21 heavy (non-hydrogen) atoms. The van der Waals surface area contributed by atoms with Gasteiger partial charge >= 0.3 is 5.97 Å². The fraction of sp³-hybridized carbons (Fsp3) is 0.500. The van der Waals surface area contributed by atoms with Crippen molar-refractivity contribution in [2.45, 2.75) is 38.8 Å². The highest BCUT2D eigenvalue weighted by Gasteiger charge is 2.24. The van der Waals surface area contributed by atoms with Gasteiger partial charge < -0.3 is 14.7 Å². The lowest BCUT2D eigenvalue weighted by Gasteiger charge is -2.30. The van der Waals surface area contributed by atoms with Gasteiger partial charge in [0, 0.05) is 26.6 Å². The summed E-state index contributed by atoms with van der Waals surface area (Å²) in [5.41, 5.74) is 2.15. The molecule has 5 nitrogen and oxygen atoms in total. The number of methoxy groups -OCH3 is 1. The summed E-state index contributed by atoms with van der Waals surface area (Å²) in [6, 6.07) is 5.27. The maximum absolute atomic E-state index is 12.2. The zero-order chi connectivity index (χ0) is 15.4. The second-order valence-electron chi connectivity index (χ2n) is 5.40. The molecule has 1 aliphatic heterocycles.